The van der Waals surface area contributed by atoms with E-state index in [2.05, 4.69) is 28.9 Å². The van der Waals surface area contributed by atoms with Crippen LogP contribution < -0.4 is 4.74 Å². The molecule has 1 fully saturated rings. The Balaban J connectivity index is 1.30. The summed E-state index contributed by atoms with van der Waals surface area (Å²) in [6.45, 7) is 4.12. The molecule has 0 bridgehead atoms. The lowest BCUT2D eigenvalue weighted by molar-refractivity contribution is 0.0628. The molecule has 0 atom stereocenters. The molecule has 0 unspecified atom stereocenters. The molecule has 4 heteroatoms. The van der Waals surface area contributed by atoms with E-state index in [9.17, 15) is 4.79 Å². The van der Waals surface area contributed by atoms with Gasteiger partial charge in [-0.3, -0.25) is 9.69 Å². The fourth-order valence-electron chi connectivity index (χ4n) is 3.64. The van der Waals surface area contributed by atoms with Crippen molar-refractivity contribution in [2.75, 3.05) is 33.3 Å². The highest BCUT2D eigenvalue weighted by Gasteiger charge is 2.22. The molecule has 3 aromatic rings. The minimum atomic E-state index is 0.0895. The molecule has 4 rings (SSSR count). The van der Waals surface area contributed by atoms with Crippen LogP contribution in [0.1, 0.15) is 27.0 Å². The van der Waals surface area contributed by atoms with Crippen LogP contribution in [0.2, 0.25) is 0 Å². The van der Waals surface area contributed by atoms with Crippen molar-refractivity contribution in [1.82, 2.24) is 9.80 Å². The van der Waals surface area contributed by atoms with Crippen LogP contribution in [0.5, 0.6) is 5.75 Å². The summed E-state index contributed by atoms with van der Waals surface area (Å²) in [5, 5.41) is 0. The molecule has 0 aromatic heterocycles. The molecule has 0 N–H and O–H groups in total. The van der Waals surface area contributed by atoms with Crippen molar-refractivity contribution < 1.29 is 9.53 Å². The quantitative estimate of drug-likeness (QED) is 0.609. The summed E-state index contributed by atoms with van der Waals surface area (Å²) in [7, 11) is 1.68. The minimum absolute atomic E-state index is 0.0895. The van der Waals surface area contributed by atoms with Crippen molar-refractivity contribution >= 4 is 5.91 Å². The number of benzene rings is 3. The molecule has 1 amide bonds. The second kappa shape index (κ2) is 9.97. The van der Waals surface area contributed by atoms with Crippen molar-refractivity contribution in [3.63, 3.8) is 0 Å². The van der Waals surface area contributed by atoms with Crippen LogP contribution in [0, 0.1) is 11.8 Å². The Bertz CT molecular complexity index is 1060. The lowest BCUT2D eigenvalue weighted by Crippen LogP contribution is -2.48. The summed E-state index contributed by atoms with van der Waals surface area (Å²) in [5.74, 6) is 7.26. The number of hydrogen-bond donors (Lipinski definition) is 0. The van der Waals surface area contributed by atoms with Gasteiger partial charge >= 0.3 is 0 Å². The number of rotatable bonds is 4. The lowest BCUT2D eigenvalue weighted by Gasteiger charge is -2.34. The molecule has 0 radical (unpaired) electrons. The van der Waals surface area contributed by atoms with Crippen LogP contribution in [-0.4, -0.2) is 49.0 Å². The molecule has 1 saturated heterocycles. The molecule has 3 aromatic carbocycles. The molecule has 4 nitrogen and oxygen atoms in total. The van der Waals surface area contributed by atoms with E-state index in [0.29, 0.717) is 5.56 Å². The first-order valence-corrected chi connectivity index (χ1v) is 10.5. The van der Waals surface area contributed by atoms with E-state index in [1.165, 1.54) is 5.56 Å². The van der Waals surface area contributed by atoms with Gasteiger partial charge in [-0.2, -0.15) is 0 Å². The van der Waals surface area contributed by atoms with Crippen molar-refractivity contribution in [1.29, 1.82) is 0 Å². The first-order chi connectivity index (χ1) is 15.2. The number of carbonyl (C=O) groups excluding carboxylic acids is 1. The monoisotopic (exact) mass is 410 g/mol. The summed E-state index contributed by atoms with van der Waals surface area (Å²) in [6, 6.07) is 25.7. The Kier molecular flexibility index (Phi) is 6.66. The zero-order chi connectivity index (χ0) is 21.5. The summed E-state index contributed by atoms with van der Waals surface area (Å²) in [4.78, 5) is 17.2. The van der Waals surface area contributed by atoms with E-state index in [1.54, 1.807) is 7.11 Å². The third kappa shape index (κ3) is 5.53. The first-order valence-electron chi connectivity index (χ1n) is 10.5. The van der Waals surface area contributed by atoms with Gasteiger partial charge in [0.25, 0.3) is 5.91 Å². The average Bonchev–Trinajstić information content (AvgIpc) is 2.84. The second-order valence-electron chi connectivity index (χ2n) is 7.61. The second-order valence-corrected chi connectivity index (χ2v) is 7.61. The van der Waals surface area contributed by atoms with E-state index in [-0.39, 0.29) is 5.91 Å². The molecule has 1 aliphatic heterocycles. The number of methoxy groups -OCH3 is 1. The van der Waals surface area contributed by atoms with E-state index in [0.717, 1.165) is 49.6 Å². The normalized spacial score (nSPS) is 13.9. The number of ether oxygens (including phenoxy) is 1. The molecular formula is C27H26N2O2. The summed E-state index contributed by atoms with van der Waals surface area (Å²) in [6.07, 6.45) is 0. The van der Waals surface area contributed by atoms with Gasteiger partial charge in [-0.1, -0.05) is 42.2 Å². The third-order valence-corrected chi connectivity index (χ3v) is 5.48. The van der Waals surface area contributed by atoms with Gasteiger partial charge in [-0.15, -0.1) is 0 Å². The molecule has 0 spiro atoms. The minimum Gasteiger partial charge on any atom is -0.497 e. The number of nitrogens with zero attached hydrogens (tertiary/aromatic N) is 2. The maximum Gasteiger partial charge on any atom is 0.253 e. The van der Waals surface area contributed by atoms with Crippen molar-refractivity contribution in [3.8, 4) is 17.6 Å². The van der Waals surface area contributed by atoms with E-state index in [4.69, 9.17) is 4.74 Å². The highest BCUT2D eigenvalue weighted by Crippen LogP contribution is 2.15. The van der Waals surface area contributed by atoms with Crippen molar-refractivity contribution in [3.05, 3.63) is 101 Å². The molecule has 1 heterocycles. The highest BCUT2D eigenvalue weighted by atomic mass is 16.5. The molecule has 1 aliphatic rings. The van der Waals surface area contributed by atoms with Crippen molar-refractivity contribution in [2.24, 2.45) is 0 Å². The molecule has 31 heavy (non-hydrogen) atoms. The number of hydrogen-bond acceptors (Lipinski definition) is 3. The largest absolute Gasteiger partial charge is 0.497 e. The van der Waals surface area contributed by atoms with Gasteiger partial charge in [0, 0.05) is 49.4 Å². The first kappa shape index (κ1) is 20.7. The van der Waals surface area contributed by atoms with Crippen LogP contribution in [0.3, 0.4) is 0 Å². The van der Waals surface area contributed by atoms with Gasteiger partial charge < -0.3 is 9.64 Å². The Labute approximate surface area is 184 Å². The number of piperazine rings is 1. The zero-order valence-corrected chi connectivity index (χ0v) is 17.8. The molecule has 156 valence electrons. The Hall–Kier alpha value is -3.55. The maximum absolute atomic E-state index is 12.9. The van der Waals surface area contributed by atoms with Crippen LogP contribution in [0.4, 0.5) is 0 Å². The van der Waals surface area contributed by atoms with Crippen LogP contribution in [0.25, 0.3) is 0 Å². The Morgan fingerprint density at radius 1 is 0.806 bits per heavy atom. The SMILES string of the molecule is COc1ccc(CN2CCN(C(=O)c3ccc(C#Cc4ccccc4)cc3)CC2)cc1. The van der Waals surface area contributed by atoms with E-state index >= 15 is 0 Å². The third-order valence-electron chi connectivity index (χ3n) is 5.48. The van der Waals surface area contributed by atoms with E-state index < -0.39 is 0 Å². The van der Waals surface area contributed by atoms with Gasteiger partial charge in [0.1, 0.15) is 5.75 Å². The standard InChI is InChI=1S/C27H26N2O2/c1-31-26-15-11-24(12-16-26)21-28-17-19-29(20-18-28)27(30)25-13-9-23(10-14-25)8-7-22-5-3-2-4-6-22/h2-6,9-16H,17-21H2,1H3. The zero-order valence-electron chi connectivity index (χ0n) is 17.8. The van der Waals surface area contributed by atoms with Crippen LogP contribution >= 0.6 is 0 Å². The Morgan fingerprint density at radius 2 is 1.42 bits per heavy atom. The smallest absolute Gasteiger partial charge is 0.253 e. The summed E-state index contributed by atoms with van der Waals surface area (Å²) < 4.78 is 5.22. The summed E-state index contributed by atoms with van der Waals surface area (Å²) in [5.41, 5.74) is 3.86. The van der Waals surface area contributed by atoms with Gasteiger partial charge in [-0.25, -0.2) is 0 Å². The fraction of sp³-hybridized carbons (Fsp3) is 0.222. The fourth-order valence-corrected chi connectivity index (χ4v) is 3.64. The summed E-state index contributed by atoms with van der Waals surface area (Å²) >= 11 is 0. The van der Waals surface area contributed by atoms with Gasteiger partial charge in [0.05, 0.1) is 7.11 Å². The van der Waals surface area contributed by atoms with Gasteiger partial charge in [0.15, 0.2) is 0 Å². The Morgan fingerprint density at radius 3 is 2.03 bits per heavy atom. The van der Waals surface area contributed by atoms with Gasteiger partial charge in [0.2, 0.25) is 0 Å². The number of carbonyl (C=O) groups is 1. The van der Waals surface area contributed by atoms with Crippen molar-refractivity contribution in [2.45, 2.75) is 6.54 Å². The predicted molar refractivity (Wildman–Crippen MR) is 123 cm³/mol. The van der Waals surface area contributed by atoms with Crippen LogP contribution in [-0.2, 0) is 6.54 Å². The predicted octanol–water partition coefficient (Wildman–Crippen LogP) is 4.05. The highest BCUT2D eigenvalue weighted by molar-refractivity contribution is 5.94. The molecular weight excluding hydrogens is 384 g/mol. The van der Waals surface area contributed by atoms with Gasteiger partial charge in [-0.05, 0) is 54.1 Å². The van der Waals surface area contributed by atoms with E-state index in [1.807, 2.05) is 71.6 Å². The number of amides is 1. The molecule has 0 saturated carbocycles. The lowest BCUT2D eigenvalue weighted by atomic mass is 10.1. The topological polar surface area (TPSA) is 32.8 Å². The maximum atomic E-state index is 12.9. The van der Waals surface area contributed by atoms with Crippen LogP contribution in [0.15, 0.2) is 78.9 Å². The molecule has 0 aliphatic carbocycles. The average molecular weight is 411 g/mol.